The van der Waals surface area contributed by atoms with Gasteiger partial charge < -0.3 is 10.1 Å². The van der Waals surface area contributed by atoms with Gasteiger partial charge in [0.2, 0.25) is 5.91 Å². The molecule has 1 N–H and O–H groups in total. The van der Waals surface area contributed by atoms with Crippen LogP contribution in [-0.2, 0) is 9.53 Å². The van der Waals surface area contributed by atoms with E-state index in [-0.39, 0.29) is 11.8 Å². The number of fused-ring (bicyclic) bond motifs is 1. The van der Waals surface area contributed by atoms with Gasteiger partial charge in [-0.2, -0.15) is 0 Å². The zero-order chi connectivity index (χ0) is 17.9. The molecule has 0 radical (unpaired) electrons. The fourth-order valence-corrected chi connectivity index (χ4v) is 5.35. The second-order valence-electron chi connectivity index (χ2n) is 8.40. The largest absolute Gasteiger partial charge is 0.379 e. The number of nitrogens with zero attached hydrogens (tertiary/aromatic N) is 1. The monoisotopic (exact) mass is 356 g/mol. The molecule has 0 unspecified atom stereocenters. The van der Waals surface area contributed by atoms with Crippen molar-refractivity contribution in [2.45, 2.75) is 44.6 Å². The molecule has 1 heterocycles. The number of rotatable bonds is 5. The Balaban J connectivity index is 1.40. The summed E-state index contributed by atoms with van der Waals surface area (Å²) < 4.78 is 5.41. The summed E-state index contributed by atoms with van der Waals surface area (Å²) in [6, 6.07) is 11.1. The van der Waals surface area contributed by atoms with Gasteiger partial charge in [-0.05, 0) is 30.2 Å². The number of ether oxygens (including phenoxy) is 1. The fraction of sp³-hybridized carbons (Fsp3) is 0.682. The van der Waals surface area contributed by atoms with Crippen molar-refractivity contribution in [3.63, 3.8) is 0 Å². The average Bonchev–Trinajstić information content (AvgIpc) is 2.68. The minimum absolute atomic E-state index is 0.0344. The summed E-state index contributed by atoms with van der Waals surface area (Å²) in [5.74, 6) is 2.19. The maximum Gasteiger partial charge on any atom is 0.224 e. The molecule has 3 aliphatic rings. The summed E-state index contributed by atoms with van der Waals surface area (Å²) in [7, 11) is 0. The van der Waals surface area contributed by atoms with E-state index in [4.69, 9.17) is 4.74 Å². The molecule has 1 saturated heterocycles. The van der Waals surface area contributed by atoms with E-state index in [1.54, 1.807) is 0 Å². The van der Waals surface area contributed by atoms with Gasteiger partial charge in [0.1, 0.15) is 0 Å². The van der Waals surface area contributed by atoms with Gasteiger partial charge in [-0.25, -0.2) is 0 Å². The average molecular weight is 357 g/mol. The highest BCUT2D eigenvalue weighted by Crippen LogP contribution is 2.54. The highest BCUT2D eigenvalue weighted by molar-refractivity contribution is 5.79. The second-order valence-corrected chi connectivity index (χ2v) is 8.40. The number of morpholine rings is 1. The van der Waals surface area contributed by atoms with Crippen LogP contribution in [0, 0.1) is 17.8 Å². The van der Waals surface area contributed by atoms with Crippen LogP contribution in [-0.4, -0.2) is 49.7 Å². The number of hydrogen-bond acceptors (Lipinski definition) is 3. The number of carbonyl (C=O) groups is 1. The molecule has 0 aromatic heterocycles. The lowest BCUT2D eigenvalue weighted by atomic mass is 9.53. The van der Waals surface area contributed by atoms with Gasteiger partial charge in [0.05, 0.1) is 13.2 Å². The van der Waals surface area contributed by atoms with Crippen molar-refractivity contribution < 1.29 is 9.53 Å². The number of benzene rings is 1. The Kier molecular flexibility index (Phi) is 5.60. The van der Waals surface area contributed by atoms with Gasteiger partial charge in [-0.1, -0.05) is 50.1 Å². The first-order valence-electron chi connectivity index (χ1n) is 10.4. The van der Waals surface area contributed by atoms with E-state index in [9.17, 15) is 4.79 Å². The number of nitrogens with one attached hydrogen (secondary N) is 1. The van der Waals surface area contributed by atoms with Crippen molar-refractivity contribution >= 4 is 5.91 Å². The summed E-state index contributed by atoms with van der Waals surface area (Å²) in [4.78, 5) is 15.3. The molecule has 1 amide bonds. The van der Waals surface area contributed by atoms with Crippen molar-refractivity contribution in [2.24, 2.45) is 17.8 Å². The molecule has 1 aromatic carbocycles. The summed E-state index contributed by atoms with van der Waals surface area (Å²) in [5, 5.41) is 3.46. The fourth-order valence-electron chi connectivity index (χ4n) is 5.35. The van der Waals surface area contributed by atoms with Crippen LogP contribution in [0.1, 0.15) is 44.1 Å². The van der Waals surface area contributed by atoms with Crippen molar-refractivity contribution in [2.75, 3.05) is 32.8 Å². The number of hydrogen-bond donors (Lipinski definition) is 1. The first kappa shape index (κ1) is 18.0. The highest BCUT2D eigenvalue weighted by atomic mass is 16.5. The Labute approximate surface area is 157 Å². The Bertz CT molecular complexity index is 599. The number of carbonyl (C=O) groups excluding carboxylic acids is 1. The molecule has 4 rings (SSSR count). The SMILES string of the molecule is C[C@H](CN1CCOCC1)C(=O)N[C@H]1[C@@H]2CCCC[C@H]2[C@@H]1c1ccccc1. The van der Waals surface area contributed by atoms with Crippen LogP contribution < -0.4 is 5.32 Å². The maximum absolute atomic E-state index is 12.9. The topological polar surface area (TPSA) is 41.6 Å². The van der Waals surface area contributed by atoms with E-state index >= 15 is 0 Å². The first-order valence-corrected chi connectivity index (χ1v) is 10.4. The smallest absolute Gasteiger partial charge is 0.224 e. The van der Waals surface area contributed by atoms with Crippen LogP contribution in [0.15, 0.2) is 30.3 Å². The third-order valence-electron chi connectivity index (χ3n) is 6.76. The van der Waals surface area contributed by atoms with Crippen molar-refractivity contribution in [3.8, 4) is 0 Å². The van der Waals surface area contributed by atoms with E-state index in [0.29, 0.717) is 17.9 Å². The Morgan fingerprint density at radius 1 is 1.15 bits per heavy atom. The van der Waals surface area contributed by atoms with Crippen molar-refractivity contribution in [1.82, 2.24) is 10.2 Å². The summed E-state index contributed by atoms with van der Waals surface area (Å²) >= 11 is 0. The van der Waals surface area contributed by atoms with Gasteiger partial charge in [-0.15, -0.1) is 0 Å². The molecule has 0 bridgehead atoms. The zero-order valence-electron chi connectivity index (χ0n) is 15.9. The van der Waals surface area contributed by atoms with Gasteiger partial charge >= 0.3 is 0 Å². The lowest BCUT2D eigenvalue weighted by Crippen LogP contribution is -2.60. The van der Waals surface area contributed by atoms with Gasteiger partial charge in [0, 0.05) is 37.5 Å². The molecule has 1 aliphatic heterocycles. The molecule has 1 aromatic rings. The van der Waals surface area contributed by atoms with Gasteiger partial charge in [-0.3, -0.25) is 9.69 Å². The first-order chi connectivity index (χ1) is 12.7. The van der Waals surface area contributed by atoms with E-state index in [2.05, 4.69) is 47.5 Å². The molecular formula is C22H32N2O2. The van der Waals surface area contributed by atoms with E-state index in [1.807, 2.05) is 0 Å². The zero-order valence-corrected chi connectivity index (χ0v) is 15.9. The van der Waals surface area contributed by atoms with Crippen LogP contribution >= 0.6 is 0 Å². The Hall–Kier alpha value is -1.39. The van der Waals surface area contributed by atoms with E-state index in [1.165, 1.54) is 31.2 Å². The van der Waals surface area contributed by atoms with E-state index in [0.717, 1.165) is 38.8 Å². The molecular weight excluding hydrogens is 324 g/mol. The third-order valence-corrected chi connectivity index (χ3v) is 6.76. The molecule has 4 heteroatoms. The highest BCUT2D eigenvalue weighted by Gasteiger charge is 2.51. The van der Waals surface area contributed by atoms with Crippen LogP contribution in [0.3, 0.4) is 0 Å². The van der Waals surface area contributed by atoms with Gasteiger partial charge in [0.15, 0.2) is 0 Å². The quantitative estimate of drug-likeness (QED) is 0.882. The molecule has 2 saturated carbocycles. The molecule has 26 heavy (non-hydrogen) atoms. The molecule has 4 nitrogen and oxygen atoms in total. The summed E-state index contributed by atoms with van der Waals surface area (Å²) in [6.45, 7) is 6.37. The van der Waals surface area contributed by atoms with Crippen LogP contribution in [0.25, 0.3) is 0 Å². The molecule has 142 valence electrons. The van der Waals surface area contributed by atoms with Crippen LogP contribution in [0.5, 0.6) is 0 Å². The standard InChI is InChI=1S/C22H32N2O2/c1-16(15-24-11-13-26-14-12-24)22(25)23-21-19-10-6-5-9-18(19)20(21)17-7-3-2-4-8-17/h2-4,7-8,16,18-21H,5-6,9-15H2,1H3,(H,23,25)/t16-,18-,19-,20+,21+/m1/s1. The lowest BCUT2D eigenvalue weighted by Gasteiger charge is -2.55. The van der Waals surface area contributed by atoms with Crippen LogP contribution in [0.4, 0.5) is 0 Å². The summed E-state index contributed by atoms with van der Waals surface area (Å²) in [6.07, 6.45) is 5.26. The Morgan fingerprint density at radius 3 is 2.58 bits per heavy atom. The van der Waals surface area contributed by atoms with Crippen molar-refractivity contribution in [3.05, 3.63) is 35.9 Å². The molecule has 3 fully saturated rings. The van der Waals surface area contributed by atoms with Gasteiger partial charge in [0.25, 0.3) is 0 Å². The van der Waals surface area contributed by atoms with Crippen molar-refractivity contribution in [1.29, 1.82) is 0 Å². The molecule has 2 aliphatic carbocycles. The minimum atomic E-state index is 0.0344. The maximum atomic E-state index is 12.9. The number of amides is 1. The lowest BCUT2D eigenvalue weighted by molar-refractivity contribution is -0.129. The summed E-state index contributed by atoms with van der Waals surface area (Å²) in [5.41, 5.74) is 1.40. The normalized spacial score (nSPS) is 33.0. The van der Waals surface area contributed by atoms with Crippen LogP contribution in [0.2, 0.25) is 0 Å². The third kappa shape index (κ3) is 3.67. The second kappa shape index (κ2) is 8.10. The predicted octanol–water partition coefficient (Wildman–Crippen LogP) is 3.04. The Morgan fingerprint density at radius 2 is 1.85 bits per heavy atom. The van der Waals surface area contributed by atoms with E-state index < -0.39 is 0 Å². The minimum Gasteiger partial charge on any atom is -0.379 e. The predicted molar refractivity (Wildman–Crippen MR) is 103 cm³/mol. The molecule has 5 atom stereocenters. The molecule has 0 spiro atoms.